The molecule has 0 radical (unpaired) electrons. The fourth-order valence-corrected chi connectivity index (χ4v) is 3.83. The van der Waals surface area contributed by atoms with Crippen LogP contribution >= 0.6 is 23.4 Å². The first-order chi connectivity index (χ1) is 13.4. The van der Waals surface area contributed by atoms with E-state index >= 15 is 0 Å². The van der Waals surface area contributed by atoms with E-state index in [1.54, 1.807) is 54.1 Å². The van der Waals surface area contributed by atoms with Crippen molar-refractivity contribution >= 4 is 45.9 Å². The molecule has 1 aromatic heterocycles. The van der Waals surface area contributed by atoms with E-state index in [0.717, 1.165) is 0 Å². The molecule has 28 heavy (non-hydrogen) atoms. The molecule has 1 heterocycles. The van der Waals surface area contributed by atoms with Crippen LogP contribution in [0.25, 0.3) is 10.9 Å². The Labute approximate surface area is 171 Å². The fourth-order valence-electron chi connectivity index (χ4n) is 2.74. The molecule has 0 aliphatic rings. The number of methoxy groups -OCH3 is 1. The molecule has 0 fully saturated rings. The van der Waals surface area contributed by atoms with Crippen molar-refractivity contribution in [1.82, 2.24) is 9.55 Å². The molecule has 0 spiro atoms. The third kappa shape index (κ3) is 4.48. The molecule has 146 valence electrons. The van der Waals surface area contributed by atoms with Gasteiger partial charge >= 0.3 is 0 Å². The molecule has 1 amide bonds. The minimum atomic E-state index is -0.200. The Hall–Kier alpha value is -2.51. The van der Waals surface area contributed by atoms with E-state index in [1.807, 2.05) is 13.8 Å². The molecule has 1 N–H and O–H groups in total. The highest BCUT2D eigenvalue weighted by atomic mass is 35.5. The van der Waals surface area contributed by atoms with Gasteiger partial charge in [-0.05, 0) is 44.2 Å². The van der Waals surface area contributed by atoms with E-state index in [4.69, 9.17) is 16.3 Å². The quantitative estimate of drug-likeness (QED) is 0.476. The Morgan fingerprint density at radius 3 is 2.79 bits per heavy atom. The van der Waals surface area contributed by atoms with E-state index in [1.165, 1.54) is 11.8 Å². The number of rotatable bonds is 6. The first kappa shape index (κ1) is 20.2. The van der Waals surface area contributed by atoms with Crippen molar-refractivity contribution in [3.63, 3.8) is 0 Å². The average molecular weight is 418 g/mol. The van der Waals surface area contributed by atoms with Crippen LogP contribution in [0.3, 0.4) is 0 Å². The number of nitrogens with zero attached hydrogens (tertiary/aromatic N) is 2. The molecule has 0 saturated carbocycles. The number of amides is 1. The van der Waals surface area contributed by atoms with E-state index in [-0.39, 0.29) is 23.3 Å². The normalized spacial score (nSPS) is 11.0. The standard InChI is InChI=1S/C20H20ClN3O3S/c1-12(2)24-19(26)16-8-7-13(21)9-17(16)23-20(24)28-11-18(25)22-14-5-4-6-15(10-14)27-3/h4-10,12H,11H2,1-3H3,(H,22,25). The molecular formula is C20H20ClN3O3S. The van der Waals surface area contributed by atoms with Gasteiger partial charge in [-0.1, -0.05) is 29.4 Å². The number of halogens is 1. The van der Waals surface area contributed by atoms with Gasteiger partial charge in [0.2, 0.25) is 5.91 Å². The summed E-state index contributed by atoms with van der Waals surface area (Å²) in [5.74, 6) is 0.573. The van der Waals surface area contributed by atoms with Crippen LogP contribution in [0.1, 0.15) is 19.9 Å². The van der Waals surface area contributed by atoms with Gasteiger partial charge in [0.1, 0.15) is 5.75 Å². The largest absolute Gasteiger partial charge is 0.497 e. The van der Waals surface area contributed by atoms with Crippen molar-refractivity contribution in [3.8, 4) is 5.75 Å². The second-order valence-corrected chi connectivity index (χ2v) is 7.77. The zero-order chi connectivity index (χ0) is 20.3. The SMILES string of the molecule is COc1cccc(NC(=O)CSc2nc3cc(Cl)ccc3c(=O)n2C(C)C)c1. The van der Waals surface area contributed by atoms with Crippen LogP contribution < -0.4 is 15.6 Å². The van der Waals surface area contributed by atoms with Crippen molar-refractivity contribution in [2.75, 3.05) is 18.2 Å². The molecule has 6 nitrogen and oxygen atoms in total. The second kappa shape index (κ2) is 8.67. The maximum absolute atomic E-state index is 12.9. The lowest BCUT2D eigenvalue weighted by Gasteiger charge is -2.16. The number of carbonyl (C=O) groups excluding carboxylic acids is 1. The topological polar surface area (TPSA) is 73.2 Å². The number of carbonyl (C=O) groups is 1. The van der Waals surface area contributed by atoms with Gasteiger partial charge in [-0.25, -0.2) is 4.98 Å². The number of aromatic nitrogens is 2. The number of fused-ring (bicyclic) bond motifs is 1. The summed E-state index contributed by atoms with van der Waals surface area (Å²) >= 11 is 7.25. The van der Waals surface area contributed by atoms with E-state index in [2.05, 4.69) is 10.3 Å². The Morgan fingerprint density at radius 1 is 1.29 bits per heavy atom. The third-order valence-electron chi connectivity index (χ3n) is 4.03. The number of nitrogens with one attached hydrogen (secondary N) is 1. The van der Waals surface area contributed by atoms with Crippen molar-refractivity contribution in [3.05, 3.63) is 57.8 Å². The zero-order valence-electron chi connectivity index (χ0n) is 15.7. The monoisotopic (exact) mass is 417 g/mol. The highest BCUT2D eigenvalue weighted by Crippen LogP contribution is 2.23. The van der Waals surface area contributed by atoms with Gasteiger partial charge in [0.15, 0.2) is 5.16 Å². The lowest BCUT2D eigenvalue weighted by Crippen LogP contribution is -2.25. The molecule has 0 aliphatic heterocycles. The van der Waals surface area contributed by atoms with Crippen LogP contribution in [0.2, 0.25) is 5.02 Å². The van der Waals surface area contributed by atoms with Crippen LogP contribution in [-0.2, 0) is 4.79 Å². The predicted octanol–water partition coefficient (Wildman–Crippen LogP) is 4.37. The van der Waals surface area contributed by atoms with Gasteiger partial charge in [-0.2, -0.15) is 0 Å². The van der Waals surface area contributed by atoms with Crippen LogP contribution in [0.4, 0.5) is 5.69 Å². The maximum atomic E-state index is 12.9. The minimum Gasteiger partial charge on any atom is -0.497 e. The average Bonchev–Trinajstić information content (AvgIpc) is 2.65. The molecule has 0 bridgehead atoms. The smallest absolute Gasteiger partial charge is 0.262 e. The summed E-state index contributed by atoms with van der Waals surface area (Å²) in [5.41, 5.74) is 1.02. The second-order valence-electron chi connectivity index (χ2n) is 6.39. The number of benzene rings is 2. The Balaban J connectivity index is 1.83. The summed E-state index contributed by atoms with van der Waals surface area (Å²) in [6.07, 6.45) is 0. The number of ether oxygens (including phenoxy) is 1. The van der Waals surface area contributed by atoms with Crippen molar-refractivity contribution in [1.29, 1.82) is 0 Å². The Kier molecular flexibility index (Phi) is 6.26. The summed E-state index contributed by atoms with van der Waals surface area (Å²) in [5, 5.41) is 4.31. The highest BCUT2D eigenvalue weighted by molar-refractivity contribution is 7.99. The van der Waals surface area contributed by atoms with Gasteiger partial charge in [0, 0.05) is 22.8 Å². The molecule has 8 heteroatoms. The molecule has 3 aromatic rings. The first-order valence-corrected chi connectivity index (χ1v) is 10.0. The van der Waals surface area contributed by atoms with Crippen LogP contribution in [0, 0.1) is 0 Å². The number of thioether (sulfide) groups is 1. The fraction of sp³-hybridized carbons (Fsp3) is 0.250. The summed E-state index contributed by atoms with van der Waals surface area (Å²) in [4.78, 5) is 29.8. The van der Waals surface area contributed by atoms with Crippen LogP contribution in [0.5, 0.6) is 5.75 Å². The lowest BCUT2D eigenvalue weighted by molar-refractivity contribution is -0.113. The van der Waals surface area contributed by atoms with E-state index in [0.29, 0.717) is 32.5 Å². The summed E-state index contributed by atoms with van der Waals surface area (Å²) in [6, 6.07) is 12.0. The first-order valence-electron chi connectivity index (χ1n) is 8.67. The number of hydrogen-bond acceptors (Lipinski definition) is 5. The highest BCUT2D eigenvalue weighted by Gasteiger charge is 2.16. The molecule has 0 atom stereocenters. The van der Waals surface area contributed by atoms with Gasteiger partial charge in [0.25, 0.3) is 5.56 Å². The van der Waals surface area contributed by atoms with Crippen molar-refractivity contribution in [2.24, 2.45) is 0 Å². The van der Waals surface area contributed by atoms with Crippen LogP contribution in [-0.4, -0.2) is 28.3 Å². The van der Waals surface area contributed by atoms with Crippen molar-refractivity contribution < 1.29 is 9.53 Å². The van der Waals surface area contributed by atoms with Gasteiger partial charge < -0.3 is 10.1 Å². The Bertz CT molecular complexity index is 1080. The third-order valence-corrected chi connectivity index (χ3v) is 5.22. The molecule has 3 rings (SSSR count). The lowest BCUT2D eigenvalue weighted by atomic mass is 10.2. The maximum Gasteiger partial charge on any atom is 0.262 e. The minimum absolute atomic E-state index is 0.0935. The Morgan fingerprint density at radius 2 is 2.07 bits per heavy atom. The summed E-state index contributed by atoms with van der Waals surface area (Å²) < 4.78 is 6.75. The molecule has 0 saturated heterocycles. The summed E-state index contributed by atoms with van der Waals surface area (Å²) in [6.45, 7) is 3.82. The zero-order valence-corrected chi connectivity index (χ0v) is 17.3. The van der Waals surface area contributed by atoms with Crippen LogP contribution in [0.15, 0.2) is 52.4 Å². The van der Waals surface area contributed by atoms with E-state index in [9.17, 15) is 9.59 Å². The van der Waals surface area contributed by atoms with Gasteiger partial charge in [0.05, 0.1) is 23.8 Å². The predicted molar refractivity (Wildman–Crippen MR) is 114 cm³/mol. The van der Waals surface area contributed by atoms with Gasteiger partial charge in [-0.15, -0.1) is 0 Å². The molecule has 2 aromatic carbocycles. The summed E-state index contributed by atoms with van der Waals surface area (Å²) in [7, 11) is 1.57. The number of hydrogen-bond donors (Lipinski definition) is 1. The molecule has 0 unspecified atom stereocenters. The molecule has 0 aliphatic carbocycles. The van der Waals surface area contributed by atoms with E-state index < -0.39 is 0 Å². The number of anilines is 1. The molecular weight excluding hydrogens is 398 g/mol. The van der Waals surface area contributed by atoms with Crippen molar-refractivity contribution in [2.45, 2.75) is 25.0 Å². The van der Waals surface area contributed by atoms with Gasteiger partial charge in [-0.3, -0.25) is 14.2 Å².